The van der Waals surface area contributed by atoms with Crippen LogP contribution >= 0.6 is 0 Å². The molecule has 0 saturated heterocycles. The van der Waals surface area contributed by atoms with Crippen LogP contribution in [0.2, 0.25) is 0 Å². The lowest BCUT2D eigenvalue weighted by molar-refractivity contribution is -0.141. The highest BCUT2D eigenvalue weighted by Crippen LogP contribution is 2.27. The van der Waals surface area contributed by atoms with Crippen molar-refractivity contribution in [2.75, 3.05) is 5.32 Å². The highest BCUT2D eigenvalue weighted by atomic mass is 19.4. The fourth-order valence-corrected chi connectivity index (χ4v) is 1.09. The molecule has 0 spiro atoms. The Morgan fingerprint density at radius 3 is 2.53 bits per heavy atom. The van der Waals surface area contributed by atoms with Gasteiger partial charge >= 0.3 is 6.18 Å². The van der Waals surface area contributed by atoms with E-state index in [0.717, 1.165) is 12.3 Å². The van der Waals surface area contributed by atoms with Crippen molar-refractivity contribution < 1.29 is 18.0 Å². The third kappa shape index (κ3) is 3.72. The van der Waals surface area contributed by atoms with E-state index >= 15 is 0 Å². The molecule has 1 N–H and O–H groups in total. The zero-order valence-electron chi connectivity index (χ0n) is 9.51. The molecule has 0 aliphatic heterocycles. The largest absolute Gasteiger partial charge is 0.433 e. The predicted molar refractivity (Wildman–Crippen MR) is 57.3 cm³/mol. The number of halogens is 3. The Bertz CT molecular complexity index is 387. The fourth-order valence-electron chi connectivity index (χ4n) is 1.09. The number of nitrogens with zero attached hydrogens (tertiary/aromatic N) is 1. The molecule has 1 aromatic heterocycles. The van der Waals surface area contributed by atoms with Crippen LogP contribution in [0.25, 0.3) is 0 Å². The number of rotatable bonds is 3. The van der Waals surface area contributed by atoms with Gasteiger partial charge in [-0.15, -0.1) is 0 Å². The first-order chi connectivity index (χ1) is 7.84. The SMILES string of the molecule is CCC(C)C(=O)Nc1ccc(C(F)(F)F)nc1. The molecular weight excluding hydrogens is 233 g/mol. The molecule has 0 bridgehead atoms. The number of pyridine rings is 1. The molecule has 0 fully saturated rings. The lowest BCUT2D eigenvalue weighted by Gasteiger charge is -2.10. The molecule has 0 aromatic carbocycles. The average Bonchev–Trinajstić information content (AvgIpc) is 2.27. The lowest BCUT2D eigenvalue weighted by atomic mass is 10.1. The van der Waals surface area contributed by atoms with Gasteiger partial charge in [-0.05, 0) is 18.6 Å². The molecule has 0 aliphatic carbocycles. The summed E-state index contributed by atoms with van der Waals surface area (Å²) in [5.41, 5.74) is -0.706. The van der Waals surface area contributed by atoms with Crippen LogP contribution < -0.4 is 5.32 Å². The van der Waals surface area contributed by atoms with Crippen LogP contribution in [0.4, 0.5) is 18.9 Å². The summed E-state index contributed by atoms with van der Waals surface area (Å²) >= 11 is 0. The number of anilines is 1. The van der Waals surface area contributed by atoms with Crippen molar-refractivity contribution >= 4 is 11.6 Å². The summed E-state index contributed by atoms with van der Waals surface area (Å²) < 4.78 is 36.6. The Morgan fingerprint density at radius 2 is 2.12 bits per heavy atom. The Balaban J connectivity index is 2.73. The molecular formula is C11H13F3N2O. The van der Waals surface area contributed by atoms with E-state index in [1.54, 1.807) is 6.92 Å². The van der Waals surface area contributed by atoms with Crippen LogP contribution in [-0.4, -0.2) is 10.9 Å². The van der Waals surface area contributed by atoms with Crippen LogP contribution in [0.1, 0.15) is 26.0 Å². The normalized spacial score (nSPS) is 13.2. The summed E-state index contributed by atoms with van der Waals surface area (Å²) in [6, 6.07) is 2.03. The van der Waals surface area contributed by atoms with Crippen LogP contribution in [0.3, 0.4) is 0 Å². The summed E-state index contributed by atoms with van der Waals surface area (Å²) in [6.07, 6.45) is -2.79. The van der Waals surface area contributed by atoms with Crippen molar-refractivity contribution in [2.24, 2.45) is 5.92 Å². The maximum atomic E-state index is 12.2. The molecule has 0 radical (unpaired) electrons. The topological polar surface area (TPSA) is 42.0 Å². The Hall–Kier alpha value is -1.59. The lowest BCUT2D eigenvalue weighted by Crippen LogP contribution is -2.20. The highest BCUT2D eigenvalue weighted by molar-refractivity contribution is 5.92. The number of carbonyl (C=O) groups excluding carboxylic acids is 1. The summed E-state index contributed by atoms with van der Waals surface area (Å²) in [6.45, 7) is 3.60. The molecule has 1 unspecified atom stereocenters. The minimum absolute atomic E-state index is 0.183. The molecule has 0 aliphatic rings. The second-order valence-electron chi connectivity index (χ2n) is 3.73. The smallest absolute Gasteiger partial charge is 0.324 e. The van der Waals surface area contributed by atoms with Gasteiger partial charge in [-0.3, -0.25) is 4.79 Å². The third-order valence-electron chi connectivity index (χ3n) is 2.38. The van der Waals surface area contributed by atoms with Gasteiger partial charge in [0.25, 0.3) is 0 Å². The van der Waals surface area contributed by atoms with E-state index in [1.165, 1.54) is 6.07 Å². The van der Waals surface area contributed by atoms with Crippen molar-refractivity contribution in [3.63, 3.8) is 0 Å². The molecule has 0 saturated carbocycles. The number of amides is 1. The van der Waals surface area contributed by atoms with Gasteiger partial charge in [0.2, 0.25) is 5.91 Å². The van der Waals surface area contributed by atoms with Gasteiger partial charge in [0.1, 0.15) is 5.69 Å². The van der Waals surface area contributed by atoms with Gasteiger partial charge < -0.3 is 5.32 Å². The molecule has 1 rings (SSSR count). The van der Waals surface area contributed by atoms with E-state index in [2.05, 4.69) is 10.3 Å². The van der Waals surface area contributed by atoms with Crippen molar-refractivity contribution in [1.29, 1.82) is 0 Å². The number of nitrogens with one attached hydrogen (secondary N) is 1. The highest BCUT2D eigenvalue weighted by Gasteiger charge is 2.32. The van der Waals surface area contributed by atoms with Gasteiger partial charge in [-0.25, -0.2) is 4.98 Å². The first-order valence-electron chi connectivity index (χ1n) is 5.18. The van der Waals surface area contributed by atoms with Gasteiger partial charge in [-0.1, -0.05) is 13.8 Å². The molecule has 17 heavy (non-hydrogen) atoms. The number of hydrogen-bond acceptors (Lipinski definition) is 2. The quantitative estimate of drug-likeness (QED) is 0.890. The minimum Gasteiger partial charge on any atom is -0.324 e. The zero-order chi connectivity index (χ0) is 13.1. The standard InChI is InChI=1S/C11H13F3N2O/c1-3-7(2)10(17)16-8-4-5-9(15-6-8)11(12,13)14/h4-7H,3H2,1-2H3,(H,16,17). The fraction of sp³-hybridized carbons (Fsp3) is 0.455. The third-order valence-corrected chi connectivity index (χ3v) is 2.38. The van der Waals surface area contributed by atoms with Crippen molar-refractivity contribution in [1.82, 2.24) is 4.98 Å². The minimum atomic E-state index is -4.46. The van der Waals surface area contributed by atoms with Crippen molar-refractivity contribution in [3.05, 3.63) is 24.0 Å². The van der Waals surface area contributed by atoms with E-state index in [0.29, 0.717) is 6.42 Å². The molecule has 1 amide bonds. The van der Waals surface area contributed by atoms with Gasteiger partial charge in [-0.2, -0.15) is 13.2 Å². The Labute approximate surface area is 97.0 Å². The van der Waals surface area contributed by atoms with Crippen LogP contribution in [0.15, 0.2) is 18.3 Å². The number of alkyl halides is 3. The van der Waals surface area contributed by atoms with E-state index in [4.69, 9.17) is 0 Å². The van der Waals surface area contributed by atoms with Crippen LogP contribution in [-0.2, 0) is 11.0 Å². The zero-order valence-corrected chi connectivity index (χ0v) is 9.51. The van der Waals surface area contributed by atoms with Gasteiger partial charge in [0, 0.05) is 5.92 Å². The molecule has 6 heteroatoms. The van der Waals surface area contributed by atoms with Gasteiger partial charge in [0.15, 0.2) is 0 Å². The molecule has 1 aromatic rings. The van der Waals surface area contributed by atoms with E-state index in [-0.39, 0.29) is 17.5 Å². The number of aromatic nitrogens is 1. The predicted octanol–water partition coefficient (Wildman–Crippen LogP) is 3.09. The van der Waals surface area contributed by atoms with Crippen LogP contribution in [0, 0.1) is 5.92 Å². The van der Waals surface area contributed by atoms with Crippen LogP contribution in [0.5, 0.6) is 0 Å². The first kappa shape index (κ1) is 13.5. The van der Waals surface area contributed by atoms with E-state index in [9.17, 15) is 18.0 Å². The maximum Gasteiger partial charge on any atom is 0.433 e. The summed E-state index contributed by atoms with van der Waals surface area (Å²) in [7, 11) is 0. The molecule has 1 atom stereocenters. The number of carbonyl (C=O) groups is 1. The van der Waals surface area contributed by atoms with Crippen molar-refractivity contribution in [2.45, 2.75) is 26.4 Å². The van der Waals surface area contributed by atoms with Gasteiger partial charge in [0.05, 0.1) is 11.9 Å². The summed E-state index contributed by atoms with van der Waals surface area (Å²) in [5.74, 6) is -0.411. The Morgan fingerprint density at radius 1 is 1.47 bits per heavy atom. The Kier molecular flexibility index (Phi) is 4.09. The average molecular weight is 246 g/mol. The summed E-state index contributed by atoms with van der Waals surface area (Å²) in [4.78, 5) is 14.7. The summed E-state index contributed by atoms with van der Waals surface area (Å²) in [5, 5.41) is 2.50. The first-order valence-corrected chi connectivity index (χ1v) is 5.18. The molecule has 94 valence electrons. The van der Waals surface area contributed by atoms with E-state index in [1.807, 2.05) is 6.92 Å². The maximum absolute atomic E-state index is 12.2. The van der Waals surface area contributed by atoms with E-state index < -0.39 is 11.9 Å². The monoisotopic (exact) mass is 246 g/mol. The second kappa shape index (κ2) is 5.16. The second-order valence-corrected chi connectivity index (χ2v) is 3.73. The molecule has 3 nitrogen and oxygen atoms in total. The van der Waals surface area contributed by atoms with Crippen molar-refractivity contribution in [3.8, 4) is 0 Å². The molecule has 1 heterocycles. The number of hydrogen-bond donors (Lipinski definition) is 1.